The van der Waals surface area contributed by atoms with Crippen LogP contribution in [0.1, 0.15) is 25.5 Å². The number of fused-ring (bicyclic) bond motifs is 1. The van der Waals surface area contributed by atoms with E-state index in [2.05, 4.69) is 20.8 Å². The maximum atomic E-state index is 12.4. The third-order valence-electron chi connectivity index (χ3n) is 3.62. The molecule has 8 heteroatoms. The topological polar surface area (TPSA) is 91.2 Å². The van der Waals surface area contributed by atoms with Crippen molar-refractivity contribution in [2.75, 3.05) is 19.0 Å². The first kappa shape index (κ1) is 15.0. The molecule has 1 aromatic carbocycles. The van der Waals surface area contributed by atoms with E-state index < -0.39 is 12.0 Å². The maximum Gasteiger partial charge on any atom is 0.338 e. The highest BCUT2D eigenvalue weighted by Gasteiger charge is 2.34. The van der Waals surface area contributed by atoms with Gasteiger partial charge in [-0.2, -0.15) is 4.68 Å². The lowest BCUT2D eigenvalue weighted by atomic mass is 9.95. The highest BCUT2D eigenvalue weighted by Crippen LogP contribution is 2.35. The second-order valence-electron chi connectivity index (χ2n) is 5.01. The van der Waals surface area contributed by atoms with Crippen LogP contribution in [0.25, 0.3) is 0 Å². The number of nitrogens with one attached hydrogen (secondary N) is 1. The van der Waals surface area contributed by atoms with E-state index in [1.165, 1.54) is 0 Å². The Balaban J connectivity index is 2.14. The van der Waals surface area contributed by atoms with Gasteiger partial charge >= 0.3 is 5.97 Å². The number of carbonyl (C=O) groups excluding carboxylic acids is 1. The van der Waals surface area contributed by atoms with Crippen molar-refractivity contribution in [2.45, 2.75) is 19.9 Å². The number of benzene rings is 1. The van der Waals surface area contributed by atoms with E-state index in [1.54, 1.807) is 25.6 Å². The summed E-state index contributed by atoms with van der Waals surface area (Å²) in [6.45, 7) is 3.87. The molecule has 0 spiro atoms. The van der Waals surface area contributed by atoms with Gasteiger partial charge in [-0.05, 0) is 42.0 Å². The summed E-state index contributed by atoms with van der Waals surface area (Å²) in [6.07, 6.45) is 0. The molecule has 2 heterocycles. The number of rotatable bonds is 4. The molecule has 0 radical (unpaired) electrons. The number of hydrogen-bond donors (Lipinski definition) is 1. The van der Waals surface area contributed by atoms with Crippen LogP contribution in [0.15, 0.2) is 35.5 Å². The average Bonchev–Trinajstić information content (AvgIpc) is 3.01. The Bertz CT molecular complexity index is 768. The van der Waals surface area contributed by atoms with Crippen LogP contribution in [0.4, 0.5) is 5.95 Å². The summed E-state index contributed by atoms with van der Waals surface area (Å²) in [5, 5.41) is 14.7. The van der Waals surface area contributed by atoms with E-state index in [0.29, 0.717) is 29.6 Å². The van der Waals surface area contributed by atoms with E-state index in [9.17, 15) is 4.79 Å². The Kier molecular flexibility index (Phi) is 3.96. The molecule has 0 aliphatic carbocycles. The number of carbonyl (C=O) groups is 1. The van der Waals surface area contributed by atoms with Crippen molar-refractivity contribution in [3.8, 4) is 5.75 Å². The summed E-state index contributed by atoms with van der Waals surface area (Å²) in [5.74, 6) is 0.770. The molecule has 1 aliphatic rings. The van der Waals surface area contributed by atoms with Crippen LogP contribution in [0.5, 0.6) is 5.75 Å². The molecule has 0 bridgehead atoms. The molecule has 1 aliphatic heterocycles. The van der Waals surface area contributed by atoms with Gasteiger partial charge in [-0.3, -0.25) is 0 Å². The summed E-state index contributed by atoms with van der Waals surface area (Å²) in [6, 6.07) is 6.98. The number of aromatic nitrogens is 4. The lowest BCUT2D eigenvalue weighted by Gasteiger charge is -2.27. The predicted molar refractivity (Wildman–Crippen MR) is 81.9 cm³/mol. The standard InChI is InChI=1S/C15H17N5O3/c1-4-23-14(21)12-9(2)16-15-17-18-19-20(15)13(12)10-6-5-7-11(8-10)22-3/h5-8,13H,4H2,1-3H3,(H,16,17,19)/t13-/m0/s1. The zero-order chi connectivity index (χ0) is 16.4. The molecule has 1 N–H and O–H groups in total. The zero-order valence-electron chi connectivity index (χ0n) is 13.1. The van der Waals surface area contributed by atoms with Gasteiger partial charge in [0.1, 0.15) is 11.8 Å². The molecule has 0 saturated carbocycles. The number of allylic oxidation sites excluding steroid dienone is 1. The van der Waals surface area contributed by atoms with Crippen LogP contribution in [0.3, 0.4) is 0 Å². The summed E-state index contributed by atoms with van der Waals surface area (Å²) < 4.78 is 12.0. The minimum absolute atomic E-state index is 0.295. The Hall–Kier alpha value is -2.90. The fraction of sp³-hybridized carbons (Fsp3) is 0.333. The van der Waals surface area contributed by atoms with Crippen LogP contribution >= 0.6 is 0 Å². The summed E-state index contributed by atoms with van der Waals surface area (Å²) in [7, 11) is 1.59. The summed E-state index contributed by atoms with van der Waals surface area (Å²) >= 11 is 0. The van der Waals surface area contributed by atoms with Gasteiger partial charge in [-0.15, -0.1) is 0 Å². The van der Waals surface area contributed by atoms with Gasteiger partial charge in [-0.25, -0.2) is 4.79 Å². The van der Waals surface area contributed by atoms with Crippen molar-refractivity contribution in [2.24, 2.45) is 0 Å². The second-order valence-corrected chi connectivity index (χ2v) is 5.01. The predicted octanol–water partition coefficient (Wildman–Crippen LogP) is 1.53. The van der Waals surface area contributed by atoms with Gasteiger partial charge in [0.25, 0.3) is 0 Å². The van der Waals surface area contributed by atoms with Gasteiger partial charge in [0.05, 0.1) is 19.3 Å². The number of methoxy groups -OCH3 is 1. The maximum absolute atomic E-state index is 12.4. The molecule has 1 aromatic heterocycles. The average molecular weight is 315 g/mol. The van der Waals surface area contributed by atoms with Gasteiger partial charge in [0.15, 0.2) is 0 Å². The first-order valence-corrected chi connectivity index (χ1v) is 7.22. The molecule has 120 valence electrons. The van der Waals surface area contributed by atoms with Crippen LogP contribution in [0, 0.1) is 0 Å². The first-order chi connectivity index (χ1) is 11.2. The molecule has 1 atom stereocenters. The minimum Gasteiger partial charge on any atom is -0.497 e. The number of anilines is 1. The smallest absolute Gasteiger partial charge is 0.338 e. The fourth-order valence-electron chi connectivity index (χ4n) is 2.61. The van der Waals surface area contributed by atoms with Crippen molar-refractivity contribution in [3.05, 3.63) is 41.1 Å². The van der Waals surface area contributed by atoms with Crippen LogP contribution in [0.2, 0.25) is 0 Å². The lowest BCUT2D eigenvalue weighted by molar-refractivity contribution is -0.139. The van der Waals surface area contributed by atoms with Crippen molar-refractivity contribution < 1.29 is 14.3 Å². The Morgan fingerprint density at radius 3 is 3.00 bits per heavy atom. The molecule has 23 heavy (non-hydrogen) atoms. The molecule has 8 nitrogen and oxygen atoms in total. The van der Waals surface area contributed by atoms with Crippen LogP contribution in [-0.4, -0.2) is 39.9 Å². The van der Waals surface area contributed by atoms with E-state index in [0.717, 1.165) is 5.56 Å². The summed E-state index contributed by atoms with van der Waals surface area (Å²) in [5.41, 5.74) is 1.97. The van der Waals surface area contributed by atoms with Gasteiger partial charge in [0.2, 0.25) is 5.95 Å². The third-order valence-corrected chi connectivity index (χ3v) is 3.62. The zero-order valence-corrected chi connectivity index (χ0v) is 13.1. The van der Waals surface area contributed by atoms with Crippen molar-refractivity contribution >= 4 is 11.9 Å². The van der Waals surface area contributed by atoms with Gasteiger partial charge in [0, 0.05) is 5.70 Å². The largest absolute Gasteiger partial charge is 0.497 e. The molecular formula is C15H17N5O3. The van der Waals surface area contributed by atoms with E-state index in [-0.39, 0.29) is 0 Å². The van der Waals surface area contributed by atoms with E-state index >= 15 is 0 Å². The molecule has 0 fully saturated rings. The molecule has 0 amide bonds. The van der Waals surface area contributed by atoms with Crippen molar-refractivity contribution in [1.29, 1.82) is 0 Å². The van der Waals surface area contributed by atoms with Crippen LogP contribution < -0.4 is 10.1 Å². The van der Waals surface area contributed by atoms with E-state index in [4.69, 9.17) is 9.47 Å². The summed E-state index contributed by atoms with van der Waals surface area (Å²) in [4.78, 5) is 12.4. The molecule has 0 saturated heterocycles. The van der Waals surface area contributed by atoms with Crippen molar-refractivity contribution in [1.82, 2.24) is 20.2 Å². The number of nitrogens with zero attached hydrogens (tertiary/aromatic N) is 4. The molecule has 3 rings (SSSR count). The van der Waals surface area contributed by atoms with Crippen LogP contribution in [-0.2, 0) is 9.53 Å². The Labute approximate surface area is 133 Å². The second kappa shape index (κ2) is 6.07. The third kappa shape index (κ3) is 2.63. The number of hydrogen-bond acceptors (Lipinski definition) is 7. The van der Waals surface area contributed by atoms with Gasteiger partial charge < -0.3 is 14.8 Å². The SMILES string of the molecule is CCOC(=O)C1=C(C)Nc2nnnn2[C@H]1c1cccc(OC)c1. The first-order valence-electron chi connectivity index (χ1n) is 7.22. The number of ether oxygens (including phenoxy) is 2. The van der Waals surface area contributed by atoms with Gasteiger partial charge in [-0.1, -0.05) is 17.2 Å². The highest BCUT2D eigenvalue weighted by molar-refractivity contribution is 5.92. The molecule has 0 unspecified atom stereocenters. The monoisotopic (exact) mass is 315 g/mol. The van der Waals surface area contributed by atoms with E-state index in [1.807, 2.05) is 24.3 Å². The highest BCUT2D eigenvalue weighted by atomic mass is 16.5. The lowest BCUT2D eigenvalue weighted by Crippen LogP contribution is -2.29. The Morgan fingerprint density at radius 1 is 1.43 bits per heavy atom. The van der Waals surface area contributed by atoms with Crippen molar-refractivity contribution in [3.63, 3.8) is 0 Å². The Morgan fingerprint density at radius 2 is 2.26 bits per heavy atom. The number of tetrazole rings is 1. The fourth-order valence-corrected chi connectivity index (χ4v) is 2.61. The quantitative estimate of drug-likeness (QED) is 0.855. The number of esters is 1. The molecule has 2 aromatic rings. The molecular weight excluding hydrogens is 298 g/mol. The normalized spacial score (nSPS) is 16.6. The minimum atomic E-state index is -0.476.